The van der Waals surface area contributed by atoms with Gasteiger partial charge >= 0.3 is 6.85 Å². The Morgan fingerprint density at radius 2 is 1.22 bits per heavy atom. The minimum absolute atomic E-state index is 0.0686. The minimum atomic E-state index is -0.0686. The highest BCUT2D eigenvalue weighted by atomic mass is 32.1. The summed E-state index contributed by atoms with van der Waals surface area (Å²) in [4.78, 5) is 2.74. The molecule has 2 aliphatic heterocycles. The van der Waals surface area contributed by atoms with Crippen LogP contribution in [0.3, 0.4) is 0 Å². The minimum Gasteiger partial charge on any atom is -0.456 e. The monoisotopic (exact) mass is 783 g/mol. The summed E-state index contributed by atoms with van der Waals surface area (Å²) in [6, 6.07) is 61.7. The van der Waals surface area contributed by atoms with Crippen molar-refractivity contribution in [2.45, 2.75) is 12.3 Å². The van der Waals surface area contributed by atoms with Gasteiger partial charge < -0.3 is 9.23 Å². The summed E-state index contributed by atoms with van der Waals surface area (Å²) in [5, 5.41) is 10.3. The third kappa shape index (κ3) is 3.89. The molecule has 0 radical (unpaired) electrons. The van der Waals surface area contributed by atoms with E-state index in [1.807, 2.05) is 22.7 Å². The summed E-state index contributed by atoms with van der Waals surface area (Å²) in [7, 11) is 0. The van der Waals surface area contributed by atoms with Crippen molar-refractivity contribution in [3.05, 3.63) is 180 Å². The summed E-state index contributed by atoms with van der Waals surface area (Å²) in [5.41, 5.74) is 16.9. The van der Waals surface area contributed by atoms with Gasteiger partial charge in [-0.25, -0.2) is 0 Å². The Labute approximate surface area is 347 Å². The highest BCUT2D eigenvalue weighted by Gasteiger charge is 2.49. The summed E-state index contributed by atoms with van der Waals surface area (Å²) < 4.78 is 12.5. The number of hydrogen-bond acceptors (Lipinski definition) is 4. The molecule has 0 saturated carbocycles. The molecule has 3 aliphatic rings. The number of thiophene rings is 2. The second-order valence-electron chi connectivity index (χ2n) is 16.6. The Hall–Kier alpha value is -6.66. The molecule has 5 heterocycles. The topological polar surface area (TPSA) is 16.4 Å². The zero-order valence-electron chi connectivity index (χ0n) is 31.6. The fourth-order valence-electron chi connectivity index (χ4n) is 11.5. The zero-order valence-corrected chi connectivity index (χ0v) is 33.3. The predicted molar refractivity (Wildman–Crippen MR) is 253 cm³/mol. The third-order valence-corrected chi connectivity index (χ3v) is 16.3. The molecule has 2 nitrogen and oxygen atoms in total. The Kier molecular flexibility index (Phi) is 5.89. The molecular weight excluding hydrogens is 754 g/mol. The van der Waals surface area contributed by atoms with E-state index in [9.17, 15) is 0 Å². The number of benzene rings is 9. The van der Waals surface area contributed by atoms with E-state index in [2.05, 4.69) is 169 Å². The lowest BCUT2D eigenvalue weighted by Crippen LogP contribution is -2.62. The van der Waals surface area contributed by atoms with Crippen LogP contribution in [0.4, 0.5) is 11.4 Å². The lowest BCUT2D eigenvalue weighted by atomic mass is 9.39. The largest absolute Gasteiger partial charge is 0.456 e. The molecular formula is C54H30BNOS2. The Balaban J connectivity index is 1.15. The van der Waals surface area contributed by atoms with E-state index < -0.39 is 0 Å². The van der Waals surface area contributed by atoms with E-state index in [0.29, 0.717) is 0 Å². The standard InChI is InChI=1S/C54H30BNOS2/c1-2-12-30-29(11-1)23-24-31-35-16-9-18-42-48(35)40(27-38(30)31)50-51-41(28-39-32-13-3-6-20-45(32)57-52(39)50)49-43(26-25-37-34-15-5-8-22-47(34)59-54(37)49)56(55(42)51)44-19-10-17-36-33-14-4-7-21-46(33)58-53(36)44/h1-26,28,40H,27H2. The maximum Gasteiger partial charge on any atom is 0.329 e. The molecule has 12 aromatic rings. The molecule has 1 unspecified atom stereocenters. The number of para-hydroxylation sites is 1. The second kappa shape index (κ2) is 11.1. The van der Waals surface area contributed by atoms with Crippen molar-refractivity contribution < 1.29 is 4.42 Å². The fraction of sp³-hybridized carbons (Fsp3) is 0.0370. The molecule has 9 aromatic carbocycles. The van der Waals surface area contributed by atoms with Crippen molar-refractivity contribution in [1.82, 2.24) is 0 Å². The molecule has 0 spiro atoms. The number of rotatable bonds is 1. The first-order chi connectivity index (χ1) is 29.3. The molecule has 1 aliphatic carbocycles. The lowest BCUT2D eigenvalue weighted by molar-refractivity contribution is 0.655. The first-order valence-electron chi connectivity index (χ1n) is 20.5. The Morgan fingerprint density at radius 1 is 0.508 bits per heavy atom. The summed E-state index contributed by atoms with van der Waals surface area (Å²) in [6.45, 7) is -0.0686. The maximum atomic E-state index is 7.17. The van der Waals surface area contributed by atoms with Crippen molar-refractivity contribution in [2.75, 3.05) is 4.81 Å². The first-order valence-corrected chi connectivity index (χ1v) is 22.2. The van der Waals surface area contributed by atoms with Gasteiger partial charge in [-0.3, -0.25) is 0 Å². The molecule has 3 aromatic heterocycles. The van der Waals surface area contributed by atoms with E-state index in [1.54, 1.807) is 0 Å². The SMILES string of the molecule is c1cc2c3c(c1)-c1ccc4ccccc4c1CC3c1c3c(cc4c1oc1ccccc14)-c1c(ccc4c1sc1ccccc14)N(c1cccc4c1sc1ccccc14)B23. The van der Waals surface area contributed by atoms with Crippen LogP contribution >= 0.6 is 22.7 Å². The van der Waals surface area contributed by atoms with Crippen LogP contribution < -0.4 is 15.7 Å². The second-order valence-corrected chi connectivity index (χ2v) is 18.7. The van der Waals surface area contributed by atoms with Crippen molar-refractivity contribution in [1.29, 1.82) is 0 Å². The van der Waals surface area contributed by atoms with Crippen LogP contribution in [0.25, 0.3) is 95.3 Å². The molecule has 0 N–H and O–H groups in total. The van der Waals surface area contributed by atoms with Gasteiger partial charge in [0.1, 0.15) is 11.2 Å². The predicted octanol–water partition coefficient (Wildman–Crippen LogP) is 14.1. The highest BCUT2D eigenvalue weighted by molar-refractivity contribution is 7.27. The molecule has 15 rings (SSSR count). The Bertz CT molecular complexity index is 3870. The molecule has 0 amide bonds. The van der Waals surface area contributed by atoms with Crippen LogP contribution in [0.1, 0.15) is 22.6 Å². The van der Waals surface area contributed by atoms with Crippen molar-refractivity contribution in [3.63, 3.8) is 0 Å². The average Bonchev–Trinajstić information content (AvgIpc) is 3.99. The smallest absolute Gasteiger partial charge is 0.329 e. The molecule has 272 valence electrons. The normalized spacial score (nSPS) is 15.2. The fourth-order valence-corrected chi connectivity index (χ4v) is 14.0. The van der Waals surface area contributed by atoms with Gasteiger partial charge in [0.2, 0.25) is 0 Å². The van der Waals surface area contributed by atoms with Gasteiger partial charge in [-0.15, -0.1) is 22.7 Å². The van der Waals surface area contributed by atoms with Gasteiger partial charge in [-0.1, -0.05) is 127 Å². The number of furan rings is 1. The number of nitrogens with zero attached hydrogens (tertiary/aromatic N) is 1. The van der Waals surface area contributed by atoms with Gasteiger partial charge in [0.25, 0.3) is 0 Å². The maximum absolute atomic E-state index is 7.17. The van der Waals surface area contributed by atoms with E-state index in [4.69, 9.17) is 4.42 Å². The van der Waals surface area contributed by atoms with E-state index >= 15 is 0 Å². The van der Waals surface area contributed by atoms with Crippen LogP contribution in [0, 0.1) is 0 Å². The van der Waals surface area contributed by atoms with E-state index in [1.165, 1.54) is 123 Å². The van der Waals surface area contributed by atoms with Gasteiger partial charge in [0.05, 0.1) is 4.70 Å². The van der Waals surface area contributed by atoms with Crippen LogP contribution in [-0.2, 0) is 6.42 Å². The van der Waals surface area contributed by atoms with Crippen LogP contribution in [0.2, 0.25) is 0 Å². The number of fused-ring (bicyclic) bond motifs is 19. The molecule has 59 heavy (non-hydrogen) atoms. The molecule has 0 saturated heterocycles. The van der Waals surface area contributed by atoms with Crippen LogP contribution in [0.5, 0.6) is 0 Å². The van der Waals surface area contributed by atoms with Crippen LogP contribution in [0.15, 0.2) is 168 Å². The molecule has 1 atom stereocenters. The summed E-state index contributed by atoms with van der Waals surface area (Å²) in [6.07, 6.45) is 0.919. The lowest BCUT2D eigenvalue weighted by Gasteiger charge is -2.46. The number of anilines is 2. The van der Waals surface area contributed by atoms with Gasteiger partial charge in [-0.05, 0) is 92.3 Å². The van der Waals surface area contributed by atoms with Gasteiger partial charge in [0, 0.05) is 74.8 Å². The third-order valence-electron chi connectivity index (χ3n) is 13.8. The van der Waals surface area contributed by atoms with Gasteiger partial charge in [0.15, 0.2) is 0 Å². The summed E-state index contributed by atoms with van der Waals surface area (Å²) in [5.74, 6) is 0.124. The average molecular weight is 784 g/mol. The first kappa shape index (κ1) is 31.4. The van der Waals surface area contributed by atoms with Crippen LogP contribution in [-0.4, -0.2) is 6.85 Å². The van der Waals surface area contributed by atoms with E-state index in [0.717, 1.165) is 17.6 Å². The Morgan fingerprint density at radius 3 is 2.08 bits per heavy atom. The van der Waals surface area contributed by atoms with Crippen molar-refractivity contribution >= 4 is 125 Å². The zero-order chi connectivity index (χ0) is 38.1. The number of hydrogen-bond donors (Lipinski definition) is 0. The highest BCUT2D eigenvalue weighted by Crippen LogP contribution is 2.56. The quantitative estimate of drug-likeness (QED) is 0.154. The van der Waals surface area contributed by atoms with Crippen molar-refractivity contribution in [2.24, 2.45) is 0 Å². The van der Waals surface area contributed by atoms with Crippen molar-refractivity contribution in [3.8, 4) is 22.3 Å². The van der Waals surface area contributed by atoms with Gasteiger partial charge in [-0.2, -0.15) is 0 Å². The molecule has 0 bridgehead atoms. The van der Waals surface area contributed by atoms with E-state index in [-0.39, 0.29) is 12.8 Å². The summed E-state index contributed by atoms with van der Waals surface area (Å²) >= 11 is 3.86. The molecule has 0 fully saturated rings. The molecule has 5 heteroatoms.